The molecule has 6 aromatic rings. The van der Waals surface area contributed by atoms with Gasteiger partial charge in [-0.2, -0.15) is 26.3 Å². The van der Waals surface area contributed by atoms with E-state index >= 15 is 0 Å². The normalized spacial score (nSPS) is 18.4. The highest BCUT2D eigenvalue weighted by Crippen LogP contribution is 2.41. The van der Waals surface area contributed by atoms with Crippen LogP contribution in [-0.4, -0.2) is 33.9 Å². The second-order valence-electron chi connectivity index (χ2n) is 15.2. The molecule has 0 bridgehead atoms. The average Bonchev–Trinajstić information content (AvgIpc) is 3.24. The fourth-order valence-corrected chi connectivity index (χ4v) is 8.08. The van der Waals surface area contributed by atoms with E-state index in [4.69, 9.17) is 0 Å². The van der Waals surface area contributed by atoms with E-state index < -0.39 is 59.3 Å². The number of fused-ring (bicyclic) bond motifs is 2. The average molecular weight is 857 g/mol. The maximum atomic E-state index is 13.2. The number of carbonyl (C=O) groups is 2. The lowest BCUT2D eigenvalue weighted by atomic mass is 9.85. The van der Waals surface area contributed by atoms with Gasteiger partial charge in [0.2, 0.25) is 0 Å². The molecule has 62 heavy (non-hydrogen) atoms. The van der Waals surface area contributed by atoms with Gasteiger partial charge in [0.1, 0.15) is 11.6 Å². The molecule has 6 aromatic carbocycles. The van der Waals surface area contributed by atoms with E-state index in [9.17, 15) is 44.7 Å². The minimum atomic E-state index is -4.43. The number of amides is 4. The highest BCUT2D eigenvalue weighted by Gasteiger charge is 2.39. The summed E-state index contributed by atoms with van der Waals surface area (Å²) in [5.74, 6) is -0.832. The summed E-state index contributed by atoms with van der Waals surface area (Å²) in [6, 6.07) is 33.6. The number of nitrogens with one attached hydrogen (secondary N) is 2. The molecule has 4 amide bonds. The Labute approximate surface area is 352 Å². The lowest BCUT2D eigenvalue weighted by Gasteiger charge is -2.42. The lowest BCUT2D eigenvalue weighted by molar-refractivity contribution is -0.138. The third-order valence-corrected chi connectivity index (χ3v) is 11.0. The molecule has 4 atom stereocenters. The molecule has 2 unspecified atom stereocenters. The molecule has 2 aliphatic rings. The zero-order valence-electron chi connectivity index (χ0n) is 33.3. The summed E-state index contributed by atoms with van der Waals surface area (Å²) < 4.78 is 105. The first-order valence-corrected chi connectivity index (χ1v) is 19.7. The van der Waals surface area contributed by atoms with Crippen molar-refractivity contribution in [2.75, 3.05) is 10.6 Å². The van der Waals surface area contributed by atoms with Crippen LogP contribution < -0.4 is 10.6 Å². The predicted molar refractivity (Wildman–Crippen MR) is 220 cm³/mol. The number of anilines is 2. The van der Waals surface area contributed by atoms with Crippen molar-refractivity contribution in [3.05, 3.63) is 202 Å². The summed E-state index contributed by atoms with van der Waals surface area (Å²) in [4.78, 5) is 29.7. The zero-order valence-corrected chi connectivity index (χ0v) is 33.3. The zero-order chi connectivity index (χ0) is 44.3. The van der Waals surface area contributed by atoms with E-state index in [1.54, 1.807) is 9.80 Å². The molecule has 0 saturated heterocycles. The summed E-state index contributed by atoms with van der Waals surface area (Å²) in [7, 11) is 0. The Morgan fingerprint density at radius 1 is 0.484 bits per heavy atom. The third-order valence-electron chi connectivity index (χ3n) is 11.0. The van der Waals surface area contributed by atoms with Crippen LogP contribution in [0, 0.1) is 11.6 Å². The first-order valence-electron chi connectivity index (χ1n) is 19.7. The van der Waals surface area contributed by atoms with E-state index in [0.717, 1.165) is 46.5 Å². The van der Waals surface area contributed by atoms with Crippen LogP contribution in [-0.2, 0) is 25.2 Å². The Hall–Kier alpha value is -6.70. The van der Waals surface area contributed by atoms with Crippen LogP contribution >= 0.6 is 0 Å². The van der Waals surface area contributed by atoms with E-state index in [0.29, 0.717) is 35.3 Å². The van der Waals surface area contributed by atoms with Gasteiger partial charge in [0, 0.05) is 23.5 Å². The number of urea groups is 2. The van der Waals surface area contributed by atoms with Crippen LogP contribution in [0.1, 0.15) is 70.4 Å². The number of halogens is 8. The van der Waals surface area contributed by atoms with Gasteiger partial charge in [-0.05, 0) is 133 Å². The van der Waals surface area contributed by atoms with Gasteiger partial charge in [-0.1, -0.05) is 72.8 Å². The molecule has 320 valence electrons. The minimum Gasteiger partial charge on any atom is -0.310 e. The Kier molecular flexibility index (Phi) is 12.4. The Morgan fingerprint density at radius 3 is 1.13 bits per heavy atom. The van der Waals surface area contributed by atoms with Crippen LogP contribution in [0.2, 0.25) is 0 Å². The topological polar surface area (TPSA) is 64.7 Å². The van der Waals surface area contributed by atoms with Gasteiger partial charge in [-0.25, -0.2) is 18.4 Å². The van der Waals surface area contributed by atoms with Crippen molar-refractivity contribution >= 4 is 23.4 Å². The summed E-state index contributed by atoms with van der Waals surface area (Å²) >= 11 is 0. The van der Waals surface area contributed by atoms with Crippen molar-refractivity contribution in [3.63, 3.8) is 0 Å². The number of benzene rings is 6. The first-order chi connectivity index (χ1) is 29.5. The quantitative estimate of drug-likeness (QED) is 0.174. The molecule has 0 aromatic heterocycles. The second kappa shape index (κ2) is 17.7. The van der Waals surface area contributed by atoms with Gasteiger partial charge < -0.3 is 20.4 Å². The van der Waals surface area contributed by atoms with Gasteiger partial charge in [0.05, 0.1) is 23.2 Å². The standard InChI is InChI=1S/2C24H20F4N2O/c2*1-15-14-17-4-2-3-5-21(17)22(16-6-8-18(9-7-16)24(26,27)28)30(15)23(31)29-20-12-10-19(25)11-13-20/h2*2-13,15,22H,14H2,1H3,(H,29,31)/t15-,22-;/m0./s1. The molecular weight excluding hydrogens is 817 g/mol. The Morgan fingerprint density at radius 2 is 0.806 bits per heavy atom. The summed E-state index contributed by atoms with van der Waals surface area (Å²) in [5, 5.41) is 5.55. The molecule has 2 heterocycles. The minimum absolute atomic E-state index is 0.206. The SMILES string of the molecule is CC1Cc2ccccc2C(c2ccc(C(F)(F)F)cc2)N1C(=O)Nc1ccc(F)cc1.C[C@H]1Cc2ccccc2[C@H](c2ccc(C(F)(F)F)cc2)N1C(=O)Nc1ccc(F)cc1. The largest absolute Gasteiger partial charge is 0.416 e. The number of alkyl halides is 6. The molecule has 0 saturated carbocycles. The number of hydrogen-bond acceptors (Lipinski definition) is 2. The number of rotatable bonds is 4. The molecule has 6 nitrogen and oxygen atoms in total. The van der Waals surface area contributed by atoms with Crippen molar-refractivity contribution in [2.24, 2.45) is 0 Å². The Balaban J connectivity index is 0.000000186. The fourth-order valence-electron chi connectivity index (χ4n) is 8.08. The monoisotopic (exact) mass is 856 g/mol. The van der Waals surface area contributed by atoms with E-state index in [1.807, 2.05) is 62.4 Å². The summed E-state index contributed by atoms with van der Waals surface area (Å²) in [6.45, 7) is 3.80. The van der Waals surface area contributed by atoms with Crippen molar-refractivity contribution in [3.8, 4) is 0 Å². The van der Waals surface area contributed by atoms with Gasteiger partial charge in [0.25, 0.3) is 0 Å². The predicted octanol–water partition coefficient (Wildman–Crippen LogP) is 12.8. The Bertz CT molecular complexity index is 2330. The fraction of sp³-hybridized carbons (Fsp3) is 0.208. The van der Waals surface area contributed by atoms with Crippen molar-refractivity contribution in [2.45, 2.75) is 63.2 Å². The molecular formula is C48H40F8N4O2. The molecule has 0 spiro atoms. The van der Waals surface area contributed by atoms with Crippen molar-refractivity contribution < 1.29 is 44.7 Å². The van der Waals surface area contributed by atoms with Crippen LogP contribution in [0.15, 0.2) is 146 Å². The highest BCUT2D eigenvalue weighted by molar-refractivity contribution is 5.91. The molecule has 14 heteroatoms. The first kappa shape index (κ1) is 43.4. The summed E-state index contributed by atoms with van der Waals surface area (Å²) in [6.07, 6.45) is -7.64. The van der Waals surface area contributed by atoms with Crippen LogP contribution in [0.25, 0.3) is 0 Å². The maximum Gasteiger partial charge on any atom is 0.416 e. The molecule has 0 fully saturated rings. The van der Waals surface area contributed by atoms with Crippen LogP contribution in [0.5, 0.6) is 0 Å². The lowest BCUT2D eigenvalue weighted by Crippen LogP contribution is -2.48. The molecule has 8 rings (SSSR count). The maximum absolute atomic E-state index is 13.2. The van der Waals surface area contributed by atoms with Crippen molar-refractivity contribution in [1.82, 2.24) is 9.80 Å². The van der Waals surface area contributed by atoms with Crippen LogP contribution in [0.4, 0.5) is 56.1 Å². The van der Waals surface area contributed by atoms with E-state index in [2.05, 4.69) is 10.6 Å². The molecule has 2 aliphatic heterocycles. The van der Waals surface area contributed by atoms with Crippen LogP contribution in [0.3, 0.4) is 0 Å². The molecule has 0 aliphatic carbocycles. The number of nitrogens with zero attached hydrogens (tertiary/aromatic N) is 2. The highest BCUT2D eigenvalue weighted by atomic mass is 19.4. The summed E-state index contributed by atoms with van der Waals surface area (Å²) in [5.41, 5.74) is 4.39. The van der Waals surface area contributed by atoms with Gasteiger partial charge in [0.15, 0.2) is 0 Å². The number of carbonyl (C=O) groups excluding carboxylic acids is 2. The molecule has 0 radical (unpaired) electrons. The van der Waals surface area contributed by atoms with Gasteiger partial charge in [-0.15, -0.1) is 0 Å². The van der Waals surface area contributed by atoms with E-state index in [-0.39, 0.29) is 12.1 Å². The third kappa shape index (κ3) is 9.59. The number of hydrogen-bond donors (Lipinski definition) is 2. The van der Waals surface area contributed by atoms with Crippen molar-refractivity contribution in [1.29, 1.82) is 0 Å². The second-order valence-corrected chi connectivity index (χ2v) is 15.2. The smallest absolute Gasteiger partial charge is 0.310 e. The van der Waals surface area contributed by atoms with E-state index in [1.165, 1.54) is 72.8 Å². The van der Waals surface area contributed by atoms with Gasteiger partial charge in [-0.3, -0.25) is 0 Å². The van der Waals surface area contributed by atoms with Gasteiger partial charge >= 0.3 is 24.4 Å². The molecule has 2 N–H and O–H groups in total.